The Labute approximate surface area is 171 Å². The van der Waals surface area contributed by atoms with Crippen molar-refractivity contribution >= 4 is 33.4 Å². The summed E-state index contributed by atoms with van der Waals surface area (Å²) in [5, 5.41) is 6.66. The van der Waals surface area contributed by atoms with Gasteiger partial charge in [-0.2, -0.15) is 5.10 Å². The van der Waals surface area contributed by atoms with Crippen LogP contribution < -0.4 is 10.8 Å². The second kappa shape index (κ2) is 7.89. The van der Waals surface area contributed by atoms with Gasteiger partial charge in [-0.05, 0) is 31.5 Å². The minimum absolute atomic E-state index is 0.404. The molecule has 2 aromatic carbocycles. The van der Waals surface area contributed by atoms with Crippen molar-refractivity contribution in [1.29, 1.82) is 0 Å². The monoisotopic (exact) mass is 405 g/mol. The van der Waals surface area contributed by atoms with Gasteiger partial charge in [0.05, 0.1) is 18.2 Å². The Morgan fingerprint density at radius 3 is 2.69 bits per heavy atom. The summed E-state index contributed by atoms with van der Waals surface area (Å²) in [5.41, 5.74) is 6.39. The molecule has 29 heavy (non-hydrogen) atoms. The molecule has 2 heterocycles. The third-order valence-electron chi connectivity index (χ3n) is 4.40. The molecule has 146 valence electrons. The standard InChI is InChI=1S/C22H19N3O3S/c1-13-9-10-16-17(24-25-22-23-14(2)20(29-22)21(26)27-3)12-18(28-19(16)11-13)15-7-5-4-6-8-15/h4-12H,1-3H3,(H,23,25). The van der Waals surface area contributed by atoms with Crippen LogP contribution in [0.15, 0.2) is 64.1 Å². The van der Waals surface area contributed by atoms with E-state index in [0.29, 0.717) is 15.7 Å². The molecule has 0 radical (unpaired) electrons. The molecule has 0 aliphatic heterocycles. The summed E-state index contributed by atoms with van der Waals surface area (Å²) in [4.78, 5) is 16.6. The third kappa shape index (κ3) is 3.90. The summed E-state index contributed by atoms with van der Waals surface area (Å²) < 4.78 is 10.9. The molecule has 0 aliphatic carbocycles. The van der Waals surface area contributed by atoms with E-state index in [-0.39, 0.29) is 0 Å². The molecule has 0 saturated heterocycles. The Kier molecular flexibility index (Phi) is 5.14. The lowest BCUT2D eigenvalue weighted by atomic mass is 10.1. The Bertz CT molecular complexity index is 1260. The molecule has 0 saturated carbocycles. The van der Waals surface area contributed by atoms with Crippen molar-refractivity contribution in [2.24, 2.45) is 5.10 Å². The first kappa shape index (κ1) is 18.9. The molecule has 0 unspecified atom stereocenters. The number of benzene rings is 2. The van der Waals surface area contributed by atoms with Gasteiger partial charge >= 0.3 is 5.97 Å². The predicted octanol–water partition coefficient (Wildman–Crippen LogP) is 4.89. The molecule has 6 nitrogen and oxygen atoms in total. The topological polar surface area (TPSA) is 76.7 Å². The Balaban J connectivity index is 1.81. The SMILES string of the molecule is COC(=O)c1sc(NN=c2cc(-c3ccccc3)oc3cc(C)ccc23)nc1C. The van der Waals surface area contributed by atoms with Crippen LogP contribution >= 0.6 is 11.3 Å². The van der Waals surface area contributed by atoms with Crippen LogP contribution in [0.4, 0.5) is 5.13 Å². The number of carbonyl (C=O) groups is 1. The summed E-state index contributed by atoms with van der Waals surface area (Å²) in [6.45, 7) is 3.78. The zero-order valence-corrected chi connectivity index (χ0v) is 17.0. The molecule has 0 fully saturated rings. The molecule has 0 aliphatic rings. The third-order valence-corrected chi connectivity index (χ3v) is 5.44. The molecule has 0 atom stereocenters. The first-order valence-corrected chi connectivity index (χ1v) is 9.82. The number of carbonyl (C=O) groups excluding carboxylic acids is 1. The fourth-order valence-electron chi connectivity index (χ4n) is 2.95. The zero-order chi connectivity index (χ0) is 20.4. The van der Waals surface area contributed by atoms with Gasteiger partial charge in [0.1, 0.15) is 16.2 Å². The number of aromatic nitrogens is 1. The molecule has 4 rings (SSSR count). The molecule has 0 amide bonds. The van der Waals surface area contributed by atoms with Crippen LogP contribution in [0, 0.1) is 13.8 Å². The highest BCUT2D eigenvalue weighted by Gasteiger charge is 2.15. The van der Waals surface area contributed by atoms with Crippen LogP contribution in [-0.2, 0) is 4.74 Å². The number of hydrogen-bond donors (Lipinski definition) is 1. The number of fused-ring (bicyclic) bond motifs is 1. The predicted molar refractivity (Wildman–Crippen MR) is 114 cm³/mol. The van der Waals surface area contributed by atoms with Gasteiger partial charge in [0.15, 0.2) is 0 Å². The number of esters is 1. The summed E-state index contributed by atoms with van der Waals surface area (Å²) in [6, 6.07) is 17.8. The maximum atomic E-state index is 11.8. The zero-order valence-electron chi connectivity index (χ0n) is 16.2. The average molecular weight is 405 g/mol. The van der Waals surface area contributed by atoms with E-state index >= 15 is 0 Å². The number of methoxy groups -OCH3 is 1. The molecule has 0 spiro atoms. The van der Waals surface area contributed by atoms with E-state index in [4.69, 9.17) is 9.15 Å². The fraction of sp³-hybridized carbons (Fsp3) is 0.136. The van der Waals surface area contributed by atoms with Gasteiger partial charge in [-0.15, -0.1) is 0 Å². The van der Waals surface area contributed by atoms with Crippen LogP contribution in [-0.4, -0.2) is 18.1 Å². The highest BCUT2D eigenvalue weighted by molar-refractivity contribution is 7.17. The highest BCUT2D eigenvalue weighted by atomic mass is 32.1. The maximum Gasteiger partial charge on any atom is 0.350 e. The van der Waals surface area contributed by atoms with Crippen molar-refractivity contribution in [1.82, 2.24) is 4.98 Å². The van der Waals surface area contributed by atoms with Crippen LogP contribution in [0.3, 0.4) is 0 Å². The number of nitrogens with zero attached hydrogens (tertiary/aromatic N) is 2. The van der Waals surface area contributed by atoms with Gasteiger partial charge in [-0.25, -0.2) is 9.78 Å². The van der Waals surface area contributed by atoms with Crippen molar-refractivity contribution in [2.75, 3.05) is 12.5 Å². The van der Waals surface area contributed by atoms with Gasteiger partial charge in [0.25, 0.3) is 0 Å². The van der Waals surface area contributed by atoms with E-state index < -0.39 is 5.97 Å². The highest BCUT2D eigenvalue weighted by Crippen LogP contribution is 2.24. The second-order valence-electron chi connectivity index (χ2n) is 6.51. The number of aryl methyl sites for hydroxylation is 2. The van der Waals surface area contributed by atoms with Crippen molar-refractivity contribution in [2.45, 2.75) is 13.8 Å². The van der Waals surface area contributed by atoms with Crippen molar-refractivity contribution in [3.8, 4) is 11.3 Å². The van der Waals surface area contributed by atoms with E-state index in [9.17, 15) is 4.79 Å². The summed E-state index contributed by atoms with van der Waals surface area (Å²) in [5.74, 6) is 0.314. The number of hydrogen-bond acceptors (Lipinski definition) is 7. The first-order chi connectivity index (χ1) is 14.0. The van der Waals surface area contributed by atoms with E-state index in [1.54, 1.807) is 6.92 Å². The minimum atomic E-state index is -0.404. The van der Waals surface area contributed by atoms with Crippen molar-refractivity contribution in [3.05, 3.63) is 76.1 Å². The number of nitrogens with one attached hydrogen (secondary N) is 1. The first-order valence-electron chi connectivity index (χ1n) is 9.00. The molecule has 4 aromatic rings. The van der Waals surface area contributed by atoms with Crippen LogP contribution in [0.2, 0.25) is 0 Å². The normalized spacial score (nSPS) is 11.6. The maximum absolute atomic E-state index is 11.8. The lowest BCUT2D eigenvalue weighted by molar-refractivity contribution is 0.0605. The average Bonchev–Trinajstić information content (AvgIpc) is 3.12. The molecule has 1 N–H and O–H groups in total. The Morgan fingerprint density at radius 1 is 1.14 bits per heavy atom. The lowest BCUT2D eigenvalue weighted by Crippen LogP contribution is -2.07. The van der Waals surface area contributed by atoms with E-state index in [1.807, 2.05) is 61.5 Å². The smallest absolute Gasteiger partial charge is 0.350 e. The quantitative estimate of drug-likeness (QED) is 0.386. The number of anilines is 1. The molecule has 2 aromatic heterocycles. The molecular formula is C22H19N3O3S. The lowest BCUT2D eigenvalue weighted by Gasteiger charge is -2.06. The van der Waals surface area contributed by atoms with Gasteiger partial charge < -0.3 is 9.15 Å². The molecule has 7 heteroatoms. The Hall–Kier alpha value is -3.45. The van der Waals surface area contributed by atoms with E-state index in [1.165, 1.54) is 18.4 Å². The Morgan fingerprint density at radius 2 is 1.93 bits per heavy atom. The summed E-state index contributed by atoms with van der Waals surface area (Å²) >= 11 is 1.21. The number of rotatable bonds is 4. The van der Waals surface area contributed by atoms with Gasteiger partial charge in [-0.3, -0.25) is 5.43 Å². The fourth-order valence-corrected chi connectivity index (χ4v) is 3.77. The van der Waals surface area contributed by atoms with Crippen molar-refractivity contribution in [3.63, 3.8) is 0 Å². The van der Waals surface area contributed by atoms with E-state index in [2.05, 4.69) is 15.5 Å². The van der Waals surface area contributed by atoms with Crippen LogP contribution in [0.5, 0.6) is 0 Å². The number of ether oxygens (including phenoxy) is 1. The van der Waals surface area contributed by atoms with Gasteiger partial charge in [-0.1, -0.05) is 47.7 Å². The van der Waals surface area contributed by atoms with Crippen LogP contribution in [0.25, 0.3) is 22.3 Å². The van der Waals surface area contributed by atoms with Crippen molar-refractivity contribution < 1.29 is 13.9 Å². The second-order valence-corrected chi connectivity index (χ2v) is 7.51. The minimum Gasteiger partial charge on any atom is -0.465 e. The number of thiazole rings is 1. The largest absolute Gasteiger partial charge is 0.465 e. The van der Waals surface area contributed by atoms with Crippen LogP contribution in [0.1, 0.15) is 20.9 Å². The summed E-state index contributed by atoms with van der Waals surface area (Å²) in [7, 11) is 1.35. The summed E-state index contributed by atoms with van der Waals surface area (Å²) in [6.07, 6.45) is 0. The molecule has 0 bridgehead atoms. The van der Waals surface area contributed by atoms with E-state index in [0.717, 1.165) is 33.2 Å². The van der Waals surface area contributed by atoms with Gasteiger partial charge in [0.2, 0.25) is 5.13 Å². The van der Waals surface area contributed by atoms with Gasteiger partial charge in [0, 0.05) is 17.0 Å². The molecular weight excluding hydrogens is 386 g/mol.